The summed E-state index contributed by atoms with van der Waals surface area (Å²) < 4.78 is 6.01. The number of carbonyl (C=O) groups is 3. The smallest absolute Gasteiger partial charge is 0.311 e. The molecular weight excluding hydrogens is 641 g/mol. The summed E-state index contributed by atoms with van der Waals surface area (Å²) in [4.78, 5) is 60.2. The van der Waals surface area contributed by atoms with Crippen LogP contribution in [-0.2, 0) is 29.5 Å². The van der Waals surface area contributed by atoms with Gasteiger partial charge >= 0.3 is 5.97 Å². The number of benzene rings is 2. The summed E-state index contributed by atoms with van der Waals surface area (Å²) in [5.74, 6) is -0.950. The summed E-state index contributed by atoms with van der Waals surface area (Å²) in [5, 5.41) is 4.36. The molecule has 0 unspecified atom stereocenters. The van der Waals surface area contributed by atoms with E-state index in [2.05, 4.69) is 21.3 Å². The van der Waals surface area contributed by atoms with Crippen molar-refractivity contribution in [3.63, 3.8) is 0 Å². The second-order valence-corrected chi connectivity index (χ2v) is 12.1. The van der Waals surface area contributed by atoms with Gasteiger partial charge in [0.15, 0.2) is 6.29 Å². The highest BCUT2D eigenvalue weighted by Gasteiger charge is 2.33. The van der Waals surface area contributed by atoms with Crippen molar-refractivity contribution in [2.45, 2.75) is 13.0 Å². The Hall–Kier alpha value is -4.90. The van der Waals surface area contributed by atoms with E-state index >= 15 is 0 Å². The Morgan fingerprint density at radius 2 is 1.79 bits per heavy atom. The molecule has 238 valence electrons. The zero-order chi connectivity index (χ0) is 33.2. The lowest BCUT2D eigenvalue weighted by Gasteiger charge is -2.37. The molecule has 0 aliphatic carbocycles. The van der Waals surface area contributed by atoms with Crippen LogP contribution in [0.15, 0.2) is 78.0 Å². The molecule has 1 N–H and O–H groups in total. The number of hydrogen-bond donors (Lipinski definition) is 1. The van der Waals surface area contributed by atoms with Crippen LogP contribution in [0.4, 0.5) is 5.69 Å². The molecule has 10 nitrogen and oxygen atoms in total. The van der Waals surface area contributed by atoms with Gasteiger partial charge in [-0.2, -0.15) is 0 Å². The molecular formula is C35H29Cl2N5O5. The molecule has 2 aromatic carbocycles. The minimum atomic E-state index is -0.693. The Kier molecular flexibility index (Phi) is 9.17. The maximum atomic E-state index is 13.1. The zero-order valence-electron chi connectivity index (χ0n) is 25.5. The molecule has 1 amide bonds. The predicted octanol–water partition coefficient (Wildman–Crippen LogP) is 5.56. The zero-order valence-corrected chi connectivity index (χ0v) is 27.0. The molecule has 1 saturated heterocycles. The number of likely N-dealkylation sites (tertiary alicyclic amines) is 1. The van der Waals surface area contributed by atoms with Gasteiger partial charge in [0.25, 0.3) is 11.5 Å². The fourth-order valence-corrected chi connectivity index (χ4v) is 6.32. The molecule has 47 heavy (non-hydrogen) atoms. The number of nitrogens with one attached hydrogen (secondary N) is 1. The fraction of sp³-hybridized carbons (Fsp3) is 0.200. The Bertz CT molecular complexity index is 2110. The maximum Gasteiger partial charge on any atom is 0.311 e. The van der Waals surface area contributed by atoms with Crippen molar-refractivity contribution in [2.75, 3.05) is 25.5 Å². The number of amides is 1. The van der Waals surface area contributed by atoms with Crippen LogP contribution in [0.1, 0.15) is 37.5 Å². The normalized spacial score (nSPS) is 13.3. The van der Waals surface area contributed by atoms with Crippen LogP contribution in [0.3, 0.4) is 0 Å². The first kappa shape index (κ1) is 32.1. The summed E-state index contributed by atoms with van der Waals surface area (Å²) in [6, 6.07) is 16.0. The lowest BCUT2D eigenvalue weighted by atomic mass is 9.98. The number of anilines is 1. The highest BCUT2D eigenvalue weighted by atomic mass is 35.5. The molecule has 4 heterocycles. The van der Waals surface area contributed by atoms with Crippen LogP contribution in [-0.4, -0.2) is 57.8 Å². The van der Waals surface area contributed by atoms with Crippen LogP contribution >= 0.6 is 23.2 Å². The number of carbonyl (C=O) groups excluding carboxylic acids is 3. The van der Waals surface area contributed by atoms with Crippen LogP contribution in [0.2, 0.25) is 10.0 Å². The average Bonchev–Trinajstić information content (AvgIpc) is 3.05. The van der Waals surface area contributed by atoms with E-state index in [1.54, 1.807) is 24.4 Å². The minimum absolute atomic E-state index is 0.0802. The second-order valence-electron chi connectivity index (χ2n) is 11.4. The molecule has 1 aliphatic heterocycles. The van der Waals surface area contributed by atoms with Crippen LogP contribution < -0.4 is 10.9 Å². The van der Waals surface area contributed by atoms with Gasteiger partial charge in [-0.1, -0.05) is 53.5 Å². The fourth-order valence-electron chi connectivity index (χ4n) is 5.75. The van der Waals surface area contributed by atoms with E-state index in [4.69, 9.17) is 32.9 Å². The lowest BCUT2D eigenvalue weighted by Crippen LogP contribution is -2.49. The van der Waals surface area contributed by atoms with Gasteiger partial charge in [0.05, 0.1) is 40.0 Å². The third-order valence-electron chi connectivity index (χ3n) is 8.19. The van der Waals surface area contributed by atoms with Gasteiger partial charge in [0, 0.05) is 73.8 Å². The molecule has 5 aromatic rings. The number of nitrogens with zero attached hydrogens (tertiary/aromatic N) is 4. The number of esters is 1. The van der Waals surface area contributed by atoms with E-state index in [1.807, 2.05) is 30.5 Å². The summed E-state index contributed by atoms with van der Waals surface area (Å²) in [6.45, 7) is 2.01. The number of rotatable bonds is 9. The number of aromatic nitrogens is 3. The van der Waals surface area contributed by atoms with Crippen molar-refractivity contribution in [3.05, 3.63) is 122 Å². The number of aldehydes is 1. The Morgan fingerprint density at radius 1 is 1.04 bits per heavy atom. The first-order valence-corrected chi connectivity index (χ1v) is 15.5. The van der Waals surface area contributed by atoms with Gasteiger partial charge in [0.1, 0.15) is 5.56 Å². The topological polar surface area (TPSA) is 123 Å². The van der Waals surface area contributed by atoms with E-state index in [-0.39, 0.29) is 33.7 Å². The number of aryl methyl sites for hydroxylation is 1. The first-order chi connectivity index (χ1) is 22.7. The van der Waals surface area contributed by atoms with E-state index in [9.17, 15) is 19.2 Å². The van der Waals surface area contributed by atoms with Crippen LogP contribution in [0.5, 0.6) is 0 Å². The first-order valence-electron chi connectivity index (χ1n) is 14.7. The third-order valence-corrected chi connectivity index (χ3v) is 9.04. The van der Waals surface area contributed by atoms with E-state index in [0.717, 1.165) is 27.7 Å². The van der Waals surface area contributed by atoms with Crippen LogP contribution in [0.25, 0.3) is 22.0 Å². The number of halogens is 2. The van der Waals surface area contributed by atoms with Crippen molar-refractivity contribution in [1.29, 1.82) is 0 Å². The lowest BCUT2D eigenvalue weighted by molar-refractivity contribution is -0.151. The molecule has 0 bridgehead atoms. The maximum absolute atomic E-state index is 13.1. The van der Waals surface area contributed by atoms with Gasteiger partial charge in [-0.15, -0.1) is 0 Å². The SMILES string of the molecule is COC(=O)C1CN(Cc2cnc3c(Cc4cccc(-c5cccc(NC(=O)c6cc(C=O)cn(C)c6=O)c5Cl)c4Cl)nccc3c2)C1. The third kappa shape index (κ3) is 6.53. The molecule has 3 aromatic heterocycles. The molecule has 6 rings (SSSR count). The summed E-state index contributed by atoms with van der Waals surface area (Å²) in [7, 11) is 2.88. The minimum Gasteiger partial charge on any atom is -0.469 e. The summed E-state index contributed by atoms with van der Waals surface area (Å²) in [5.41, 5.74) is 4.35. The van der Waals surface area contributed by atoms with Crippen molar-refractivity contribution in [2.24, 2.45) is 13.0 Å². The number of ether oxygens (including phenoxy) is 1. The Morgan fingerprint density at radius 3 is 2.53 bits per heavy atom. The highest BCUT2D eigenvalue weighted by molar-refractivity contribution is 6.39. The van der Waals surface area contributed by atoms with E-state index in [0.29, 0.717) is 48.5 Å². The summed E-state index contributed by atoms with van der Waals surface area (Å²) >= 11 is 13.8. The van der Waals surface area contributed by atoms with Crippen molar-refractivity contribution in [3.8, 4) is 11.1 Å². The monoisotopic (exact) mass is 669 g/mol. The molecule has 12 heteroatoms. The number of hydrogen-bond acceptors (Lipinski definition) is 8. The Labute approximate surface area is 279 Å². The number of fused-ring (bicyclic) bond motifs is 1. The molecule has 0 saturated carbocycles. The predicted molar refractivity (Wildman–Crippen MR) is 180 cm³/mol. The van der Waals surface area contributed by atoms with Gasteiger partial charge in [-0.3, -0.25) is 34.0 Å². The van der Waals surface area contributed by atoms with Gasteiger partial charge in [-0.05, 0) is 35.4 Å². The van der Waals surface area contributed by atoms with Crippen molar-refractivity contribution < 1.29 is 19.1 Å². The highest BCUT2D eigenvalue weighted by Crippen LogP contribution is 2.39. The molecule has 0 spiro atoms. The number of methoxy groups -OCH3 is 1. The van der Waals surface area contributed by atoms with E-state index in [1.165, 1.54) is 31.0 Å². The van der Waals surface area contributed by atoms with Gasteiger partial charge in [-0.25, -0.2) is 0 Å². The summed E-state index contributed by atoms with van der Waals surface area (Å²) in [6.07, 6.45) is 5.92. The van der Waals surface area contributed by atoms with Gasteiger partial charge in [0.2, 0.25) is 0 Å². The largest absolute Gasteiger partial charge is 0.469 e. The quantitative estimate of drug-likeness (QED) is 0.160. The standard InChI is InChI=1S/C35H29Cl2N5O5/c1-41-15-21(19-43)12-27(34(41)45)33(44)40-28-8-4-7-26(31(28)37)25-6-3-5-22(30(25)36)13-29-32-23(9-10-38-29)11-20(14-39-32)16-42-17-24(18-42)35(46)47-2/h3-12,14-15,19,24H,13,16-18H2,1-2H3,(H,40,44). The Balaban J connectivity index is 1.23. The number of pyridine rings is 3. The van der Waals surface area contributed by atoms with Crippen LogP contribution in [0, 0.1) is 5.92 Å². The van der Waals surface area contributed by atoms with E-state index < -0.39 is 11.5 Å². The molecule has 1 fully saturated rings. The van der Waals surface area contributed by atoms with Gasteiger partial charge < -0.3 is 14.6 Å². The van der Waals surface area contributed by atoms with Crippen molar-refractivity contribution in [1.82, 2.24) is 19.4 Å². The average molecular weight is 671 g/mol. The van der Waals surface area contributed by atoms with Crippen molar-refractivity contribution >= 4 is 58.0 Å². The molecule has 0 atom stereocenters. The molecule has 1 aliphatic rings. The second kappa shape index (κ2) is 13.4. The molecule has 0 radical (unpaired) electrons.